The molecule has 0 spiro atoms. The molecule has 3 aromatic rings. The summed E-state index contributed by atoms with van der Waals surface area (Å²) in [7, 11) is 0. The minimum absolute atomic E-state index is 0.0298. The molecule has 33 heavy (non-hydrogen) atoms. The van der Waals surface area contributed by atoms with Crippen LogP contribution in [0.15, 0.2) is 67.5 Å². The van der Waals surface area contributed by atoms with Crippen LogP contribution >= 0.6 is 0 Å². The Kier molecular flexibility index (Phi) is 5.70. The zero-order valence-electron chi connectivity index (χ0n) is 17.8. The molecular formula is C24H23N5O4. The number of fused-ring (bicyclic) bond motifs is 1. The summed E-state index contributed by atoms with van der Waals surface area (Å²) in [5.41, 5.74) is 2.12. The van der Waals surface area contributed by atoms with Crippen LogP contribution < -0.4 is 5.32 Å². The van der Waals surface area contributed by atoms with E-state index in [1.807, 2.05) is 29.0 Å². The molecule has 0 bridgehead atoms. The molecule has 2 aliphatic rings. The van der Waals surface area contributed by atoms with E-state index < -0.39 is 12.1 Å². The Morgan fingerprint density at radius 3 is 2.73 bits per heavy atom. The van der Waals surface area contributed by atoms with Gasteiger partial charge in [-0.2, -0.15) is 0 Å². The number of amides is 2. The van der Waals surface area contributed by atoms with E-state index in [0.717, 1.165) is 11.3 Å². The Morgan fingerprint density at radius 1 is 1.15 bits per heavy atom. The van der Waals surface area contributed by atoms with Gasteiger partial charge < -0.3 is 19.5 Å². The molecule has 1 N–H and O–H groups in total. The minimum atomic E-state index is -0.831. The van der Waals surface area contributed by atoms with Crippen molar-refractivity contribution in [3.05, 3.63) is 78.6 Å². The molecule has 1 aromatic carbocycles. The number of carbonyl (C=O) groups excluding carboxylic acids is 3. The van der Waals surface area contributed by atoms with Crippen molar-refractivity contribution in [2.45, 2.75) is 31.0 Å². The molecule has 5 rings (SSSR count). The summed E-state index contributed by atoms with van der Waals surface area (Å²) in [6, 6.07) is 9.28. The van der Waals surface area contributed by atoms with Crippen LogP contribution in [0.4, 0.5) is 0 Å². The second-order valence-electron chi connectivity index (χ2n) is 8.19. The highest BCUT2D eigenvalue weighted by Gasteiger charge is 2.48. The number of ether oxygens (including phenoxy) is 1. The minimum Gasteiger partial charge on any atom is -0.368 e. The Labute approximate surface area is 190 Å². The summed E-state index contributed by atoms with van der Waals surface area (Å²) in [6.45, 7) is 0.459. The normalized spacial score (nSPS) is 20.5. The maximum Gasteiger partial charge on any atom is 0.251 e. The molecule has 9 nitrogen and oxygen atoms in total. The lowest BCUT2D eigenvalue weighted by atomic mass is 10.0. The molecule has 2 amide bonds. The van der Waals surface area contributed by atoms with Gasteiger partial charge in [0.2, 0.25) is 5.91 Å². The van der Waals surface area contributed by atoms with Gasteiger partial charge in [-0.3, -0.25) is 19.4 Å². The predicted molar refractivity (Wildman–Crippen MR) is 118 cm³/mol. The molecule has 2 saturated heterocycles. The van der Waals surface area contributed by atoms with Crippen LogP contribution in [0.3, 0.4) is 0 Å². The number of aromatic nitrogens is 3. The van der Waals surface area contributed by atoms with Crippen LogP contribution in [0.5, 0.6) is 0 Å². The maximum absolute atomic E-state index is 13.5. The van der Waals surface area contributed by atoms with E-state index in [1.54, 1.807) is 48.0 Å². The highest BCUT2D eigenvalue weighted by atomic mass is 16.5. The number of benzene rings is 1. The smallest absolute Gasteiger partial charge is 0.251 e. The summed E-state index contributed by atoms with van der Waals surface area (Å²) >= 11 is 0. The van der Waals surface area contributed by atoms with Crippen molar-refractivity contribution in [2.75, 3.05) is 13.2 Å². The number of pyridine rings is 1. The van der Waals surface area contributed by atoms with E-state index in [0.29, 0.717) is 18.5 Å². The van der Waals surface area contributed by atoms with E-state index in [1.165, 1.54) is 0 Å². The monoisotopic (exact) mass is 445 g/mol. The zero-order chi connectivity index (χ0) is 22.8. The second kappa shape index (κ2) is 8.95. The van der Waals surface area contributed by atoms with Gasteiger partial charge in [-0.05, 0) is 42.3 Å². The molecule has 3 atom stereocenters. The SMILES string of the molecule is O=C(NC(Cc1cccnc1)C(=O)N1CCC2OCC(=O)C21)c1ccc(-n2ccnc2)cc1. The van der Waals surface area contributed by atoms with E-state index >= 15 is 0 Å². The number of nitrogens with one attached hydrogen (secondary N) is 1. The number of ketones is 1. The van der Waals surface area contributed by atoms with Gasteiger partial charge >= 0.3 is 0 Å². The number of hydrogen-bond acceptors (Lipinski definition) is 6. The topological polar surface area (TPSA) is 106 Å². The van der Waals surface area contributed by atoms with E-state index in [2.05, 4.69) is 15.3 Å². The average Bonchev–Trinajstić information content (AvgIpc) is 3.59. The van der Waals surface area contributed by atoms with Crippen molar-refractivity contribution in [1.82, 2.24) is 24.8 Å². The molecule has 2 fully saturated rings. The highest BCUT2D eigenvalue weighted by molar-refractivity contribution is 5.99. The Morgan fingerprint density at radius 2 is 2.00 bits per heavy atom. The van der Waals surface area contributed by atoms with Gasteiger partial charge in [-0.25, -0.2) is 4.98 Å². The number of carbonyl (C=O) groups is 3. The lowest BCUT2D eigenvalue weighted by Gasteiger charge is -2.27. The van der Waals surface area contributed by atoms with Gasteiger partial charge in [0, 0.05) is 49.0 Å². The summed E-state index contributed by atoms with van der Waals surface area (Å²) in [5, 5.41) is 2.88. The highest BCUT2D eigenvalue weighted by Crippen LogP contribution is 2.28. The van der Waals surface area contributed by atoms with Crippen LogP contribution in [-0.4, -0.2) is 68.4 Å². The van der Waals surface area contributed by atoms with Gasteiger partial charge in [-0.15, -0.1) is 0 Å². The van der Waals surface area contributed by atoms with Crippen LogP contribution in [0, 0.1) is 0 Å². The number of rotatable bonds is 6. The number of imidazole rings is 1. The number of likely N-dealkylation sites (tertiary alicyclic amines) is 1. The fourth-order valence-corrected chi connectivity index (χ4v) is 4.43. The standard InChI is InChI=1S/C24H23N5O4/c30-20-14-33-21-7-10-29(22(20)21)24(32)19(12-16-2-1-8-25-13-16)27-23(31)17-3-5-18(6-4-17)28-11-9-26-15-28/h1-6,8-9,11,13,15,19,21-22H,7,10,12,14H2,(H,27,31). The van der Waals surface area contributed by atoms with Gasteiger partial charge in [0.05, 0.1) is 12.4 Å². The number of hydrogen-bond donors (Lipinski definition) is 1. The van der Waals surface area contributed by atoms with Crippen LogP contribution in [-0.2, 0) is 20.7 Å². The molecule has 2 aromatic heterocycles. The lowest BCUT2D eigenvalue weighted by Crippen LogP contribution is -2.53. The zero-order valence-corrected chi connectivity index (χ0v) is 17.8. The van der Waals surface area contributed by atoms with Crippen LogP contribution in [0.25, 0.3) is 5.69 Å². The van der Waals surface area contributed by atoms with Crippen molar-refractivity contribution in [3.63, 3.8) is 0 Å². The first kappa shape index (κ1) is 21.0. The molecule has 168 valence electrons. The fraction of sp³-hybridized carbons (Fsp3) is 0.292. The summed E-state index contributed by atoms with van der Waals surface area (Å²) in [5.74, 6) is -0.736. The van der Waals surface area contributed by atoms with Crippen molar-refractivity contribution in [3.8, 4) is 5.69 Å². The van der Waals surface area contributed by atoms with Gasteiger partial charge in [0.1, 0.15) is 18.7 Å². The van der Waals surface area contributed by atoms with Crippen molar-refractivity contribution in [1.29, 1.82) is 0 Å². The summed E-state index contributed by atoms with van der Waals surface area (Å²) < 4.78 is 7.35. The Bertz CT molecular complexity index is 1150. The quantitative estimate of drug-likeness (QED) is 0.611. The molecule has 3 unspecified atom stereocenters. The number of nitrogens with zero attached hydrogens (tertiary/aromatic N) is 4. The van der Waals surface area contributed by atoms with Gasteiger partial charge in [0.25, 0.3) is 5.91 Å². The van der Waals surface area contributed by atoms with Crippen molar-refractivity contribution in [2.24, 2.45) is 0 Å². The average molecular weight is 445 g/mol. The molecule has 4 heterocycles. The van der Waals surface area contributed by atoms with Crippen molar-refractivity contribution < 1.29 is 19.1 Å². The van der Waals surface area contributed by atoms with Gasteiger partial charge in [0.15, 0.2) is 5.78 Å². The summed E-state index contributed by atoms with van der Waals surface area (Å²) in [6.07, 6.45) is 9.12. The third-order valence-corrected chi connectivity index (χ3v) is 6.09. The molecule has 2 aliphatic heterocycles. The molecule has 0 saturated carbocycles. The largest absolute Gasteiger partial charge is 0.368 e. The van der Waals surface area contributed by atoms with Crippen LogP contribution in [0.2, 0.25) is 0 Å². The third-order valence-electron chi connectivity index (χ3n) is 6.09. The molecule has 0 aliphatic carbocycles. The Balaban J connectivity index is 1.35. The van der Waals surface area contributed by atoms with E-state index in [9.17, 15) is 14.4 Å². The maximum atomic E-state index is 13.5. The predicted octanol–water partition coefficient (Wildman–Crippen LogP) is 1.18. The fourth-order valence-electron chi connectivity index (χ4n) is 4.43. The van der Waals surface area contributed by atoms with E-state index in [-0.39, 0.29) is 36.7 Å². The first-order valence-corrected chi connectivity index (χ1v) is 10.8. The first-order valence-electron chi connectivity index (χ1n) is 10.8. The first-order chi connectivity index (χ1) is 16.1. The molecule has 9 heteroatoms. The second-order valence-corrected chi connectivity index (χ2v) is 8.19. The molecule has 0 radical (unpaired) electrons. The van der Waals surface area contributed by atoms with Gasteiger partial charge in [-0.1, -0.05) is 6.07 Å². The molecular weight excluding hydrogens is 422 g/mol. The van der Waals surface area contributed by atoms with E-state index in [4.69, 9.17) is 4.74 Å². The van der Waals surface area contributed by atoms with Crippen molar-refractivity contribution >= 4 is 17.6 Å². The Hall–Kier alpha value is -3.85. The summed E-state index contributed by atoms with van der Waals surface area (Å²) in [4.78, 5) is 48.5. The third kappa shape index (κ3) is 4.27. The lowest BCUT2D eigenvalue weighted by molar-refractivity contribution is -0.138. The van der Waals surface area contributed by atoms with Crippen LogP contribution in [0.1, 0.15) is 22.3 Å². The number of Topliss-reactive ketones (excluding diaryl/α,β-unsaturated/α-hetero) is 1.